The van der Waals surface area contributed by atoms with Gasteiger partial charge in [-0.2, -0.15) is 0 Å². The van der Waals surface area contributed by atoms with Gasteiger partial charge in [-0.25, -0.2) is 0 Å². The van der Waals surface area contributed by atoms with Crippen molar-refractivity contribution < 1.29 is 4.74 Å². The lowest BCUT2D eigenvalue weighted by atomic mass is 10.1. The predicted molar refractivity (Wildman–Crippen MR) is 68.3 cm³/mol. The molecule has 2 N–H and O–H groups in total. The van der Waals surface area contributed by atoms with Gasteiger partial charge in [0.25, 0.3) is 0 Å². The third-order valence-electron chi connectivity index (χ3n) is 2.56. The zero-order valence-electron chi connectivity index (χ0n) is 9.99. The van der Waals surface area contributed by atoms with Gasteiger partial charge in [-0.1, -0.05) is 37.3 Å². The third kappa shape index (κ3) is 4.17. The van der Waals surface area contributed by atoms with Gasteiger partial charge in [-0.15, -0.1) is 6.58 Å². The second kappa shape index (κ2) is 7.20. The molecule has 0 bridgehead atoms. The minimum Gasteiger partial charge on any atom is -0.375 e. The molecule has 0 amide bonds. The van der Waals surface area contributed by atoms with Crippen LogP contribution in [0.15, 0.2) is 36.9 Å². The summed E-state index contributed by atoms with van der Waals surface area (Å²) in [6, 6.07) is 8.42. The van der Waals surface area contributed by atoms with Crippen molar-refractivity contribution in [1.82, 2.24) is 0 Å². The highest BCUT2D eigenvalue weighted by atomic mass is 16.5. The summed E-state index contributed by atoms with van der Waals surface area (Å²) < 4.78 is 5.60. The van der Waals surface area contributed by atoms with Gasteiger partial charge in [0.05, 0.1) is 13.2 Å². The molecule has 1 unspecified atom stereocenters. The van der Waals surface area contributed by atoms with Crippen molar-refractivity contribution in [2.75, 3.05) is 6.61 Å². The summed E-state index contributed by atoms with van der Waals surface area (Å²) in [6.07, 6.45) is 3.67. The van der Waals surface area contributed by atoms with Crippen molar-refractivity contribution in [3.63, 3.8) is 0 Å². The van der Waals surface area contributed by atoms with Gasteiger partial charge in [0.2, 0.25) is 0 Å². The highest BCUT2D eigenvalue weighted by Crippen LogP contribution is 2.10. The molecule has 0 aromatic heterocycles. The summed E-state index contributed by atoms with van der Waals surface area (Å²) in [4.78, 5) is 0. The van der Waals surface area contributed by atoms with Crippen molar-refractivity contribution in [2.24, 2.45) is 5.73 Å². The van der Waals surface area contributed by atoms with Crippen LogP contribution in [0.4, 0.5) is 0 Å². The van der Waals surface area contributed by atoms with E-state index in [1.807, 2.05) is 12.1 Å². The molecule has 16 heavy (non-hydrogen) atoms. The summed E-state index contributed by atoms with van der Waals surface area (Å²) in [5, 5.41) is 0. The van der Waals surface area contributed by atoms with Gasteiger partial charge in [-0.3, -0.25) is 0 Å². The summed E-state index contributed by atoms with van der Waals surface area (Å²) >= 11 is 0. The van der Waals surface area contributed by atoms with Crippen molar-refractivity contribution in [3.05, 3.63) is 48.0 Å². The van der Waals surface area contributed by atoms with Crippen LogP contribution < -0.4 is 5.73 Å². The van der Waals surface area contributed by atoms with E-state index in [1.165, 1.54) is 11.1 Å². The molecule has 0 radical (unpaired) electrons. The number of rotatable bonds is 7. The Labute approximate surface area is 98.1 Å². The van der Waals surface area contributed by atoms with Gasteiger partial charge in [-0.05, 0) is 24.0 Å². The molecule has 0 aliphatic carbocycles. The molecule has 2 nitrogen and oxygen atoms in total. The molecule has 0 aliphatic rings. The van der Waals surface area contributed by atoms with E-state index in [0.717, 1.165) is 12.8 Å². The first-order valence-electron chi connectivity index (χ1n) is 5.79. The largest absolute Gasteiger partial charge is 0.375 e. The molecule has 2 heteroatoms. The molecule has 0 spiro atoms. The third-order valence-corrected chi connectivity index (χ3v) is 2.56. The highest BCUT2D eigenvalue weighted by Gasteiger charge is 2.02. The fourth-order valence-electron chi connectivity index (χ4n) is 1.65. The predicted octanol–water partition coefficient (Wildman–Crippen LogP) is 2.67. The van der Waals surface area contributed by atoms with E-state index in [4.69, 9.17) is 10.5 Å². The fourth-order valence-corrected chi connectivity index (χ4v) is 1.65. The smallest absolute Gasteiger partial charge is 0.0720 e. The minimum atomic E-state index is 0.0614. The van der Waals surface area contributed by atoms with Crippen LogP contribution in [0.3, 0.4) is 0 Å². The van der Waals surface area contributed by atoms with E-state index >= 15 is 0 Å². The number of hydrogen-bond donors (Lipinski definition) is 1. The summed E-state index contributed by atoms with van der Waals surface area (Å²) in [7, 11) is 0. The monoisotopic (exact) mass is 219 g/mol. The van der Waals surface area contributed by atoms with Crippen molar-refractivity contribution in [1.29, 1.82) is 0 Å². The maximum atomic E-state index is 5.82. The van der Waals surface area contributed by atoms with E-state index in [1.54, 1.807) is 0 Å². The Hall–Kier alpha value is -1.12. The van der Waals surface area contributed by atoms with Crippen LogP contribution in [-0.2, 0) is 17.8 Å². The number of hydrogen-bond acceptors (Lipinski definition) is 2. The van der Waals surface area contributed by atoms with Gasteiger partial charge in [0.1, 0.15) is 0 Å². The topological polar surface area (TPSA) is 35.2 Å². The molecular formula is C14H21NO. The number of aryl methyl sites for hydroxylation is 1. The van der Waals surface area contributed by atoms with E-state index in [9.17, 15) is 0 Å². The fraction of sp³-hybridized carbons (Fsp3) is 0.429. The minimum absolute atomic E-state index is 0.0614. The van der Waals surface area contributed by atoms with E-state index in [0.29, 0.717) is 13.2 Å². The average molecular weight is 219 g/mol. The lowest BCUT2D eigenvalue weighted by Crippen LogP contribution is -2.25. The first-order chi connectivity index (χ1) is 7.77. The van der Waals surface area contributed by atoms with Crippen LogP contribution in [0, 0.1) is 0 Å². The van der Waals surface area contributed by atoms with Gasteiger partial charge < -0.3 is 10.5 Å². The van der Waals surface area contributed by atoms with Gasteiger partial charge in [0.15, 0.2) is 0 Å². The van der Waals surface area contributed by atoms with Crippen LogP contribution in [0.1, 0.15) is 24.5 Å². The molecule has 88 valence electrons. The summed E-state index contributed by atoms with van der Waals surface area (Å²) in [5.74, 6) is 0. The van der Waals surface area contributed by atoms with E-state index in [-0.39, 0.29) is 6.04 Å². The van der Waals surface area contributed by atoms with Gasteiger partial charge in [0, 0.05) is 6.04 Å². The lowest BCUT2D eigenvalue weighted by molar-refractivity contribution is 0.108. The molecule has 0 heterocycles. The Bertz CT molecular complexity index is 322. The SMILES string of the molecule is C=CCC(N)COCc1ccccc1CC. The zero-order chi connectivity index (χ0) is 11.8. The van der Waals surface area contributed by atoms with Crippen molar-refractivity contribution in [3.8, 4) is 0 Å². The number of nitrogens with two attached hydrogens (primary N) is 1. The van der Waals surface area contributed by atoms with Crippen molar-refractivity contribution >= 4 is 0 Å². The Morgan fingerprint density at radius 1 is 1.38 bits per heavy atom. The summed E-state index contributed by atoms with van der Waals surface area (Å²) in [6.45, 7) is 7.05. The van der Waals surface area contributed by atoms with E-state index < -0.39 is 0 Å². The summed E-state index contributed by atoms with van der Waals surface area (Å²) in [5.41, 5.74) is 8.43. The number of ether oxygens (including phenoxy) is 1. The van der Waals surface area contributed by atoms with E-state index in [2.05, 4.69) is 31.7 Å². The second-order valence-electron chi connectivity index (χ2n) is 3.92. The van der Waals surface area contributed by atoms with Crippen LogP contribution in [-0.4, -0.2) is 12.6 Å². The van der Waals surface area contributed by atoms with Crippen LogP contribution in [0.5, 0.6) is 0 Å². The maximum absolute atomic E-state index is 5.82. The Balaban J connectivity index is 2.39. The molecule has 0 saturated carbocycles. The molecule has 1 aromatic rings. The van der Waals surface area contributed by atoms with Crippen molar-refractivity contribution in [2.45, 2.75) is 32.4 Å². The van der Waals surface area contributed by atoms with Gasteiger partial charge >= 0.3 is 0 Å². The van der Waals surface area contributed by atoms with Crippen LogP contribution in [0.25, 0.3) is 0 Å². The molecule has 0 saturated heterocycles. The molecule has 1 aromatic carbocycles. The maximum Gasteiger partial charge on any atom is 0.0720 e. The molecule has 1 rings (SSSR count). The first kappa shape index (κ1) is 12.9. The second-order valence-corrected chi connectivity index (χ2v) is 3.92. The first-order valence-corrected chi connectivity index (χ1v) is 5.79. The Kier molecular flexibility index (Phi) is 5.83. The lowest BCUT2D eigenvalue weighted by Gasteiger charge is -2.12. The molecule has 0 fully saturated rings. The quantitative estimate of drug-likeness (QED) is 0.716. The average Bonchev–Trinajstić information content (AvgIpc) is 2.30. The molecule has 0 aliphatic heterocycles. The number of benzene rings is 1. The Morgan fingerprint density at radius 3 is 2.69 bits per heavy atom. The molecule has 1 atom stereocenters. The zero-order valence-corrected chi connectivity index (χ0v) is 9.99. The Morgan fingerprint density at radius 2 is 2.06 bits per heavy atom. The standard InChI is InChI=1S/C14H21NO/c1-3-7-14(15)11-16-10-13-9-6-5-8-12(13)4-2/h3,5-6,8-9,14H,1,4,7,10-11,15H2,2H3. The molecular weight excluding hydrogens is 198 g/mol. The van der Waals surface area contributed by atoms with Crippen LogP contribution >= 0.6 is 0 Å². The highest BCUT2D eigenvalue weighted by molar-refractivity contribution is 5.26. The normalized spacial score (nSPS) is 12.4. The van der Waals surface area contributed by atoms with Crippen LogP contribution in [0.2, 0.25) is 0 Å².